The van der Waals surface area contributed by atoms with Crippen molar-refractivity contribution in [3.8, 4) is 16.9 Å². The number of carbonyl (C=O) groups excluding carboxylic acids is 1. The van der Waals surface area contributed by atoms with Crippen molar-refractivity contribution in [2.24, 2.45) is 11.7 Å². The van der Waals surface area contributed by atoms with Crippen LogP contribution in [-0.2, 0) is 18.4 Å². The van der Waals surface area contributed by atoms with E-state index in [0.717, 1.165) is 18.4 Å². The van der Waals surface area contributed by atoms with Gasteiger partial charge in [0.1, 0.15) is 23.0 Å². The third-order valence-corrected chi connectivity index (χ3v) is 8.25. The van der Waals surface area contributed by atoms with Crippen molar-refractivity contribution in [2.75, 3.05) is 13.6 Å². The summed E-state index contributed by atoms with van der Waals surface area (Å²) in [5, 5.41) is 13.0. The maximum Gasteiger partial charge on any atom is 0.251 e. The summed E-state index contributed by atoms with van der Waals surface area (Å²) in [6.45, 7) is 2.35. The quantitative estimate of drug-likeness (QED) is 0.329. The Bertz CT molecular complexity index is 1400. The second-order valence-electron chi connectivity index (χ2n) is 10.3. The molecule has 0 bridgehead atoms. The predicted molar refractivity (Wildman–Crippen MR) is 143 cm³/mol. The Kier molecular flexibility index (Phi) is 7.20. The van der Waals surface area contributed by atoms with E-state index in [1.165, 1.54) is 13.1 Å². The molecule has 0 aromatic heterocycles. The number of aliphatic hydroxyl groups excluding tert-OH is 1. The smallest absolute Gasteiger partial charge is 0.251 e. The third-order valence-electron chi connectivity index (χ3n) is 7.88. The van der Waals surface area contributed by atoms with Gasteiger partial charge in [-0.25, -0.2) is 8.78 Å². The molecule has 1 aliphatic heterocycles. The van der Waals surface area contributed by atoms with Crippen molar-refractivity contribution in [3.05, 3.63) is 86.9 Å². The molecule has 0 spiro atoms. The zero-order chi connectivity index (χ0) is 27.2. The van der Waals surface area contributed by atoms with Gasteiger partial charge < -0.3 is 20.9 Å². The normalized spacial score (nSPS) is 21.7. The minimum absolute atomic E-state index is 0.0418. The monoisotopic (exact) mass is 540 g/mol. The molecule has 4 N–H and O–H groups in total. The van der Waals surface area contributed by atoms with Gasteiger partial charge >= 0.3 is 0 Å². The van der Waals surface area contributed by atoms with E-state index in [-0.39, 0.29) is 38.9 Å². The number of unbranched alkanes of at least 4 members (excludes halogenated alkanes) is 1. The number of hydrogen-bond acceptors (Lipinski definition) is 4. The Morgan fingerprint density at radius 2 is 1.95 bits per heavy atom. The number of carbonyl (C=O) groups is 1. The van der Waals surface area contributed by atoms with Crippen LogP contribution >= 0.6 is 11.6 Å². The van der Waals surface area contributed by atoms with Crippen molar-refractivity contribution in [2.45, 2.75) is 50.7 Å². The Morgan fingerprint density at radius 3 is 2.63 bits per heavy atom. The van der Waals surface area contributed by atoms with Crippen LogP contribution in [-0.4, -0.2) is 24.6 Å². The fourth-order valence-electron chi connectivity index (χ4n) is 5.95. The van der Waals surface area contributed by atoms with Crippen molar-refractivity contribution in [1.29, 1.82) is 0 Å². The van der Waals surface area contributed by atoms with E-state index in [1.807, 2.05) is 37.3 Å². The first-order valence-electron chi connectivity index (χ1n) is 12.9. The Balaban J connectivity index is 1.75. The number of fused-ring (bicyclic) bond motifs is 2. The SMILES string of the molecule is CNC(=O)c1cc2c(c(F)c1-c1c(Cl)c(F)cc3c1CC(CCCCN)(c1ccccc1)O3)C(O)C(C)C2. The van der Waals surface area contributed by atoms with E-state index < -0.39 is 29.2 Å². The van der Waals surface area contributed by atoms with E-state index >= 15 is 8.78 Å². The Morgan fingerprint density at radius 1 is 1.21 bits per heavy atom. The van der Waals surface area contributed by atoms with Gasteiger partial charge in [-0.05, 0) is 55.3 Å². The fraction of sp³-hybridized carbons (Fsp3) is 0.367. The summed E-state index contributed by atoms with van der Waals surface area (Å²) in [4.78, 5) is 13.0. The summed E-state index contributed by atoms with van der Waals surface area (Å²) in [5.74, 6) is -2.02. The van der Waals surface area contributed by atoms with Crippen molar-refractivity contribution in [3.63, 3.8) is 0 Å². The van der Waals surface area contributed by atoms with Gasteiger partial charge in [0.05, 0.1) is 16.7 Å². The van der Waals surface area contributed by atoms with Gasteiger partial charge in [0, 0.05) is 41.8 Å². The number of rotatable bonds is 7. The Labute approximate surface area is 226 Å². The lowest BCUT2D eigenvalue weighted by molar-refractivity contribution is 0.0793. The van der Waals surface area contributed by atoms with Gasteiger partial charge in [0.15, 0.2) is 0 Å². The molecule has 0 saturated carbocycles. The largest absolute Gasteiger partial charge is 0.482 e. The highest BCUT2D eigenvalue weighted by Crippen LogP contribution is 2.53. The number of amides is 1. The summed E-state index contributed by atoms with van der Waals surface area (Å²) in [5.41, 5.74) is 7.05. The average Bonchev–Trinajstić information content (AvgIpc) is 3.42. The van der Waals surface area contributed by atoms with Crippen molar-refractivity contribution in [1.82, 2.24) is 5.32 Å². The van der Waals surface area contributed by atoms with E-state index in [4.69, 9.17) is 22.1 Å². The number of ether oxygens (including phenoxy) is 1. The van der Waals surface area contributed by atoms with Gasteiger partial charge in [-0.1, -0.05) is 48.9 Å². The van der Waals surface area contributed by atoms with Crippen LogP contribution in [0.5, 0.6) is 5.75 Å². The highest BCUT2D eigenvalue weighted by molar-refractivity contribution is 6.34. The molecule has 3 aromatic carbocycles. The lowest BCUT2D eigenvalue weighted by Gasteiger charge is -2.29. The van der Waals surface area contributed by atoms with Crippen molar-refractivity contribution < 1.29 is 23.4 Å². The van der Waals surface area contributed by atoms with Crippen molar-refractivity contribution >= 4 is 17.5 Å². The molecule has 1 amide bonds. The first-order chi connectivity index (χ1) is 18.2. The Hall–Kier alpha value is -3.00. The fourth-order valence-corrected chi connectivity index (χ4v) is 6.21. The van der Waals surface area contributed by atoms with Crippen LogP contribution < -0.4 is 15.8 Å². The highest BCUT2D eigenvalue weighted by Gasteiger charge is 2.44. The van der Waals surface area contributed by atoms with Crippen LogP contribution in [0.2, 0.25) is 5.02 Å². The number of halogens is 3. The zero-order valence-electron chi connectivity index (χ0n) is 21.4. The minimum atomic E-state index is -1.04. The van der Waals surface area contributed by atoms with Gasteiger partial charge in [-0.2, -0.15) is 0 Å². The molecule has 3 aromatic rings. The predicted octanol–water partition coefficient (Wildman–Crippen LogP) is 5.83. The molecule has 38 heavy (non-hydrogen) atoms. The molecule has 1 aliphatic carbocycles. The van der Waals surface area contributed by atoms with Gasteiger partial charge in [-0.3, -0.25) is 4.79 Å². The molecule has 5 nitrogen and oxygen atoms in total. The molecule has 0 radical (unpaired) electrons. The summed E-state index contributed by atoms with van der Waals surface area (Å²) in [6, 6.07) is 12.5. The lowest BCUT2D eigenvalue weighted by atomic mass is 9.82. The standard InChI is InChI=1S/C30H31ClF2N2O3/c1-16-12-17-13-19(29(37)35-2)25(27(33)23(17)28(16)36)24-20-15-30(10-6-7-11-34,18-8-4-3-5-9-18)38-22(20)14-21(32)26(24)31/h3-5,8-9,13-14,16,28,36H,6-7,10-12,15,34H2,1-2H3,(H,35,37). The van der Waals surface area contributed by atoms with E-state index in [9.17, 15) is 9.90 Å². The zero-order valence-corrected chi connectivity index (χ0v) is 22.2. The van der Waals surface area contributed by atoms with Crippen LogP contribution in [0.3, 0.4) is 0 Å². The number of hydrogen-bond donors (Lipinski definition) is 3. The number of benzene rings is 3. The van der Waals surface area contributed by atoms with Crippen LogP contribution in [0, 0.1) is 17.6 Å². The number of nitrogens with one attached hydrogen (secondary N) is 1. The molecule has 1 heterocycles. The molecule has 0 saturated heterocycles. The maximum atomic E-state index is 16.4. The molecule has 8 heteroatoms. The number of aliphatic hydroxyl groups is 1. The van der Waals surface area contributed by atoms with Crippen LogP contribution in [0.1, 0.15) is 64.9 Å². The summed E-state index contributed by atoms with van der Waals surface area (Å²) in [6.07, 6.45) is 1.84. The summed E-state index contributed by atoms with van der Waals surface area (Å²) < 4.78 is 38.3. The molecule has 2 aliphatic rings. The first kappa shape index (κ1) is 26.6. The molecule has 0 fully saturated rings. The van der Waals surface area contributed by atoms with Crippen LogP contribution in [0.4, 0.5) is 8.78 Å². The molecule has 3 unspecified atom stereocenters. The number of nitrogens with two attached hydrogens (primary N) is 1. The van der Waals surface area contributed by atoms with E-state index in [0.29, 0.717) is 36.9 Å². The second kappa shape index (κ2) is 10.3. The molecule has 3 atom stereocenters. The van der Waals surface area contributed by atoms with E-state index in [2.05, 4.69) is 5.32 Å². The molecular weight excluding hydrogens is 510 g/mol. The molecular formula is C30H31ClF2N2O3. The maximum absolute atomic E-state index is 16.4. The molecule has 5 rings (SSSR count). The van der Waals surface area contributed by atoms with Crippen LogP contribution in [0.25, 0.3) is 11.1 Å². The van der Waals surface area contributed by atoms with Gasteiger partial charge in [0.2, 0.25) is 0 Å². The third kappa shape index (κ3) is 4.27. The first-order valence-corrected chi connectivity index (χ1v) is 13.3. The van der Waals surface area contributed by atoms with Crippen LogP contribution in [0.15, 0.2) is 42.5 Å². The van der Waals surface area contributed by atoms with E-state index in [1.54, 1.807) is 6.07 Å². The van der Waals surface area contributed by atoms with Gasteiger partial charge in [0.25, 0.3) is 5.91 Å². The summed E-state index contributed by atoms with van der Waals surface area (Å²) in [7, 11) is 1.45. The topological polar surface area (TPSA) is 84.6 Å². The van der Waals surface area contributed by atoms with Gasteiger partial charge in [-0.15, -0.1) is 0 Å². The molecule has 200 valence electrons. The second-order valence-corrected chi connectivity index (χ2v) is 10.7. The highest BCUT2D eigenvalue weighted by atomic mass is 35.5. The summed E-state index contributed by atoms with van der Waals surface area (Å²) >= 11 is 6.58. The minimum Gasteiger partial charge on any atom is -0.482 e. The lowest BCUT2D eigenvalue weighted by Crippen LogP contribution is -2.31. The average molecular weight is 541 g/mol.